The van der Waals surface area contributed by atoms with Gasteiger partial charge in [-0.05, 0) is 61.8 Å². The Balaban J connectivity index is 1.03. The minimum atomic E-state index is -0.235. The molecule has 2 aromatic rings. The van der Waals surface area contributed by atoms with Crippen molar-refractivity contribution in [2.24, 2.45) is 0 Å². The molecule has 4 rings (SSSR count). The second kappa shape index (κ2) is 13.2. The second-order valence-electron chi connectivity index (χ2n) is 10.4. The fourth-order valence-electron chi connectivity index (χ4n) is 5.76. The van der Waals surface area contributed by atoms with Crippen LogP contribution in [0.15, 0.2) is 48.5 Å². The lowest BCUT2D eigenvalue weighted by molar-refractivity contribution is 0.163. The highest BCUT2D eigenvalue weighted by molar-refractivity contribution is 5.56. The van der Waals surface area contributed by atoms with Crippen LogP contribution in [0.4, 0.5) is 11.4 Å². The molecule has 0 amide bonds. The van der Waals surface area contributed by atoms with Crippen molar-refractivity contribution in [2.75, 3.05) is 36.0 Å². The first-order valence-electron chi connectivity index (χ1n) is 13.7. The van der Waals surface area contributed by atoms with E-state index < -0.39 is 0 Å². The molecule has 0 aliphatic carbocycles. The van der Waals surface area contributed by atoms with E-state index in [0.717, 1.165) is 64.7 Å². The first-order chi connectivity index (χ1) is 16.7. The summed E-state index contributed by atoms with van der Waals surface area (Å²) >= 11 is 0. The average Bonchev–Trinajstić information content (AvgIpc) is 2.86. The van der Waals surface area contributed by atoms with Crippen LogP contribution >= 0.6 is 0 Å². The Bertz CT molecular complexity index is 799. The molecule has 4 heteroatoms. The van der Waals surface area contributed by atoms with Gasteiger partial charge in [-0.2, -0.15) is 0 Å². The zero-order valence-corrected chi connectivity index (χ0v) is 20.9. The molecule has 2 aromatic carbocycles. The Labute approximate surface area is 206 Å². The number of rotatable bonds is 13. The van der Waals surface area contributed by atoms with Crippen LogP contribution in [0.5, 0.6) is 0 Å². The molecule has 0 bridgehead atoms. The quantitative estimate of drug-likeness (QED) is 0.371. The molecule has 0 spiro atoms. The number of aliphatic hydroxyl groups is 2. The number of fused-ring (bicyclic) bond motifs is 2. The number of hydrogen-bond acceptors (Lipinski definition) is 4. The molecule has 34 heavy (non-hydrogen) atoms. The van der Waals surface area contributed by atoms with E-state index in [1.165, 1.54) is 61.0 Å². The van der Waals surface area contributed by atoms with Crippen molar-refractivity contribution in [2.45, 2.75) is 89.3 Å². The van der Waals surface area contributed by atoms with Crippen LogP contribution in [0, 0.1) is 0 Å². The van der Waals surface area contributed by atoms with Crippen LogP contribution in [-0.4, -0.2) is 48.6 Å². The lowest BCUT2D eigenvalue weighted by Gasteiger charge is -2.33. The van der Waals surface area contributed by atoms with Gasteiger partial charge in [0.15, 0.2) is 0 Å². The van der Waals surface area contributed by atoms with Crippen molar-refractivity contribution in [3.63, 3.8) is 0 Å². The maximum Gasteiger partial charge on any atom is 0.0715 e. The van der Waals surface area contributed by atoms with Crippen LogP contribution in [0.2, 0.25) is 0 Å². The molecule has 2 aliphatic heterocycles. The third-order valence-electron chi connectivity index (χ3n) is 7.60. The number of unbranched alkanes of at least 4 members (excludes halogenated alkanes) is 5. The number of para-hydroxylation sites is 2. The van der Waals surface area contributed by atoms with Gasteiger partial charge in [-0.3, -0.25) is 0 Å². The highest BCUT2D eigenvalue weighted by atomic mass is 16.3. The maximum absolute atomic E-state index is 10.6. The van der Waals surface area contributed by atoms with Crippen molar-refractivity contribution in [3.8, 4) is 0 Å². The molecule has 0 fully saturated rings. The largest absolute Gasteiger partial charge is 0.391 e. The number of nitrogens with zero attached hydrogens (tertiary/aromatic N) is 2. The summed E-state index contributed by atoms with van der Waals surface area (Å²) in [5.74, 6) is 0. The highest BCUT2D eigenvalue weighted by Crippen LogP contribution is 2.28. The van der Waals surface area contributed by atoms with Crippen molar-refractivity contribution < 1.29 is 10.2 Å². The van der Waals surface area contributed by atoms with E-state index in [4.69, 9.17) is 0 Å². The Morgan fingerprint density at radius 2 is 1.00 bits per heavy atom. The van der Waals surface area contributed by atoms with Crippen molar-refractivity contribution >= 4 is 11.4 Å². The van der Waals surface area contributed by atoms with E-state index in [-0.39, 0.29) is 12.2 Å². The third-order valence-corrected chi connectivity index (χ3v) is 7.60. The molecule has 0 saturated heterocycles. The van der Waals surface area contributed by atoms with Gasteiger partial charge in [0.25, 0.3) is 0 Å². The first-order valence-corrected chi connectivity index (χ1v) is 13.7. The summed E-state index contributed by atoms with van der Waals surface area (Å²) < 4.78 is 0. The Kier molecular flexibility index (Phi) is 9.70. The number of β-amino-alcohol motifs (C(OH)–C–C–N with tert-alkyl or cyclic N) is 2. The van der Waals surface area contributed by atoms with E-state index in [2.05, 4.69) is 58.3 Å². The van der Waals surface area contributed by atoms with Crippen molar-refractivity contribution in [3.05, 3.63) is 59.7 Å². The SMILES string of the molecule is O[C@H](CCCCCCCC[C@H](O)CN1CCCc2ccccc21)CN1CCCc2ccccc21. The van der Waals surface area contributed by atoms with Crippen LogP contribution in [0.3, 0.4) is 0 Å². The monoisotopic (exact) mass is 464 g/mol. The zero-order chi connectivity index (χ0) is 23.6. The third kappa shape index (κ3) is 7.23. The van der Waals surface area contributed by atoms with Crippen LogP contribution < -0.4 is 9.80 Å². The number of aryl methyl sites for hydroxylation is 2. The van der Waals surface area contributed by atoms with E-state index >= 15 is 0 Å². The normalized spacial score (nSPS) is 17.2. The molecule has 186 valence electrons. The van der Waals surface area contributed by atoms with Crippen molar-refractivity contribution in [1.29, 1.82) is 0 Å². The summed E-state index contributed by atoms with van der Waals surface area (Å²) in [6.07, 6.45) is 13.1. The topological polar surface area (TPSA) is 46.9 Å². The maximum atomic E-state index is 10.6. The minimum absolute atomic E-state index is 0.235. The van der Waals surface area contributed by atoms with E-state index in [0.29, 0.717) is 0 Å². The molecular weight excluding hydrogens is 420 g/mol. The van der Waals surface area contributed by atoms with Gasteiger partial charge in [0, 0.05) is 37.6 Å². The standard InChI is InChI=1S/C30H44N2O2/c33-27(23-31-21-11-15-25-13-7-9-19-29(25)31)17-5-3-1-2-4-6-18-28(34)24-32-22-12-16-26-14-8-10-20-30(26)32/h7-10,13-14,19-20,27-28,33-34H,1-6,11-12,15-18,21-24H2/t27-,28+. The van der Waals surface area contributed by atoms with E-state index in [9.17, 15) is 10.2 Å². The summed E-state index contributed by atoms with van der Waals surface area (Å²) in [6.45, 7) is 3.64. The minimum Gasteiger partial charge on any atom is -0.391 e. The van der Waals surface area contributed by atoms with Gasteiger partial charge in [-0.25, -0.2) is 0 Å². The predicted molar refractivity (Wildman–Crippen MR) is 143 cm³/mol. The van der Waals surface area contributed by atoms with Crippen LogP contribution in [0.25, 0.3) is 0 Å². The lowest BCUT2D eigenvalue weighted by Crippen LogP contribution is -2.36. The summed E-state index contributed by atoms with van der Waals surface area (Å²) in [6, 6.07) is 17.3. The van der Waals surface area contributed by atoms with Gasteiger partial charge in [-0.1, -0.05) is 74.9 Å². The molecule has 2 heterocycles. The van der Waals surface area contributed by atoms with Gasteiger partial charge in [0.1, 0.15) is 0 Å². The van der Waals surface area contributed by atoms with Gasteiger partial charge in [-0.15, -0.1) is 0 Å². The molecule has 2 atom stereocenters. The van der Waals surface area contributed by atoms with Gasteiger partial charge in [0.2, 0.25) is 0 Å². The summed E-state index contributed by atoms with van der Waals surface area (Å²) in [7, 11) is 0. The molecule has 2 aliphatic rings. The number of hydrogen-bond donors (Lipinski definition) is 2. The molecule has 4 nitrogen and oxygen atoms in total. The number of anilines is 2. The molecule has 0 radical (unpaired) electrons. The molecule has 0 saturated carbocycles. The predicted octanol–water partition coefficient (Wildman–Crippen LogP) is 5.73. The Morgan fingerprint density at radius 1 is 0.588 bits per heavy atom. The van der Waals surface area contributed by atoms with Gasteiger partial charge in [0.05, 0.1) is 12.2 Å². The lowest BCUT2D eigenvalue weighted by atomic mass is 10.00. The average molecular weight is 465 g/mol. The van der Waals surface area contributed by atoms with Gasteiger partial charge < -0.3 is 20.0 Å². The molecular formula is C30H44N2O2. The zero-order valence-electron chi connectivity index (χ0n) is 20.9. The molecule has 2 N–H and O–H groups in total. The summed E-state index contributed by atoms with van der Waals surface area (Å²) in [4.78, 5) is 4.74. The van der Waals surface area contributed by atoms with Gasteiger partial charge >= 0.3 is 0 Å². The number of benzene rings is 2. The Morgan fingerprint density at radius 3 is 1.47 bits per heavy atom. The fourth-order valence-corrected chi connectivity index (χ4v) is 5.76. The van der Waals surface area contributed by atoms with Crippen LogP contribution in [0.1, 0.15) is 75.3 Å². The second-order valence-corrected chi connectivity index (χ2v) is 10.4. The summed E-state index contributed by atoms with van der Waals surface area (Å²) in [5.41, 5.74) is 5.48. The fraction of sp³-hybridized carbons (Fsp3) is 0.600. The number of aliphatic hydroxyl groups excluding tert-OH is 2. The smallest absolute Gasteiger partial charge is 0.0715 e. The first kappa shape index (κ1) is 25.1. The van der Waals surface area contributed by atoms with E-state index in [1.807, 2.05) is 0 Å². The van der Waals surface area contributed by atoms with Crippen molar-refractivity contribution in [1.82, 2.24) is 0 Å². The van der Waals surface area contributed by atoms with Crippen LogP contribution in [-0.2, 0) is 12.8 Å². The Hall–Kier alpha value is -2.04. The highest BCUT2D eigenvalue weighted by Gasteiger charge is 2.20. The summed E-state index contributed by atoms with van der Waals surface area (Å²) in [5, 5.41) is 21.1. The molecule has 0 unspecified atom stereocenters. The molecule has 0 aromatic heterocycles. The van der Waals surface area contributed by atoms with E-state index in [1.54, 1.807) is 0 Å².